The predicted molar refractivity (Wildman–Crippen MR) is 121 cm³/mol. The molecule has 1 N–H and O–H groups in total. The number of piperidine rings is 1. The number of halogens is 2. The van der Waals surface area contributed by atoms with E-state index in [4.69, 9.17) is 11.6 Å². The van der Waals surface area contributed by atoms with Crippen LogP contribution < -0.4 is 10.2 Å². The van der Waals surface area contributed by atoms with Crippen LogP contribution in [-0.2, 0) is 10.5 Å². The summed E-state index contributed by atoms with van der Waals surface area (Å²) < 4.78 is 13.8. The highest BCUT2D eigenvalue weighted by atomic mass is 35.5. The SMILES string of the molecule is C[C@H]1CCCN(c2ccc([C@@H](C)NC(=O)CSCc3ccc(Cl)cc3F)cc2)C1. The van der Waals surface area contributed by atoms with E-state index in [1.165, 1.54) is 36.4 Å². The molecule has 2 atom stereocenters. The van der Waals surface area contributed by atoms with Crippen LogP contribution in [-0.4, -0.2) is 24.7 Å². The van der Waals surface area contributed by atoms with Gasteiger partial charge in [0, 0.05) is 29.6 Å². The third-order valence-corrected chi connectivity index (χ3v) is 6.52. The average Bonchev–Trinajstić information content (AvgIpc) is 2.70. The van der Waals surface area contributed by atoms with Crippen LogP contribution in [0.4, 0.5) is 10.1 Å². The molecule has 1 saturated heterocycles. The average molecular weight is 435 g/mol. The van der Waals surface area contributed by atoms with Gasteiger partial charge in [-0.2, -0.15) is 0 Å². The molecule has 0 aliphatic carbocycles. The lowest BCUT2D eigenvalue weighted by Crippen LogP contribution is -2.34. The molecular weight excluding hydrogens is 407 g/mol. The Morgan fingerprint density at radius 2 is 2.07 bits per heavy atom. The number of hydrogen-bond donors (Lipinski definition) is 1. The van der Waals surface area contributed by atoms with Crippen LogP contribution in [0.25, 0.3) is 0 Å². The third-order valence-electron chi connectivity index (χ3n) is 5.30. The standard InChI is InChI=1S/C23H28ClFN2OS/c1-16-4-3-11-27(13-16)21-9-6-18(7-10-21)17(2)26-23(28)15-29-14-19-5-8-20(24)12-22(19)25/h5-10,12,16-17H,3-4,11,13-15H2,1-2H3,(H,26,28)/t16-,17+/m0/s1. The first-order chi connectivity index (χ1) is 13.9. The summed E-state index contributed by atoms with van der Waals surface area (Å²) in [6.07, 6.45) is 2.55. The molecule has 1 aliphatic rings. The second-order valence-electron chi connectivity index (χ2n) is 7.80. The van der Waals surface area contributed by atoms with Crippen molar-refractivity contribution >= 4 is 35.0 Å². The number of rotatable bonds is 7. The van der Waals surface area contributed by atoms with E-state index in [1.54, 1.807) is 12.1 Å². The van der Waals surface area contributed by atoms with Crippen molar-refractivity contribution in [3.05, 3.63) is 64.4 Å². The first-order valence-corrected chi connectivity index (χ1v) is 11.6. The van der Waals surface area contributed by atoms with Gasteiger partial charge in [-0.3, -0.25) is 4.79 Å². The molecule has 0 spiro atoms. The number of benzene rings is 2. The zero-order chi connectivity index (χ0) is 20.8. The fraction of sp³-hybridized carbons (Fsp3) is 0.435. The minimum absolute atomic E-state index is 0.0502. The molecule has 0 unspecified atom stereocenters. The number of carbonyl (C=O) groups excluding carboxylic acids is 1. The Morgan fingerprint density at radius 3 is 2.76 bits per heavy atom. The number of amides is 1. The number of nitrogens with zero attached hydrogens (tertiary/aromatic N) is 1. The van der Waals surface area contributed by atoms with Gasteiger partial charge in [0.15, 0.2) is 0 Å². The monoisotopic (exact) mass is 434 g/mol. The molecule has 156 valence electrons. The van der Waals surface area contributed by atoms with E-state index < -0.39 is 0 Å². The number of hydrogen-bond acceptors (Lipinski definition) is 3. The van der Waals surface area contributed by atoms with Crippen LogP contribution >= 0.6 is 23.4 Å². The lowest BCUT2D eigenvalue weighted by atomic mass is 9.99. The van der Waals surface area contributed by atoms with E-state index >= 15 is 0 Å². The van der Waals surface area contributed by atoms with Gasteiger partial charge in [-0.05, 0) is 61.1 Å². The summed E-state index contributed by atoms with van der Waals surface area (Å²) in [4.78, 5) is 14.7. The maximum absolute atomic E-state index is 13.8. The van der Waals surface area contributed by atoms with Crippen molar-refractivity contribution < 1.29 is 9.18 Å². The second kappa shape index (κ2) is 10.4. The van der Waals surface area contributed by atoms with Gasteiger partial charge in [-0.15, -0.1) is 11.8 Å². The fourth-order valence-electron chi connectivity index (χ4n) is 3.66. The van der Waals surface area contributed by atoms with E-state index in [2.05, 4.69) is 41.4 Å². The maximum Gasteiger partial charge on any atom is 0.230 e. The van der Waals surface area contributed by atoms with Crippen molar-refractivity contribution in [1.82, 2.24) is 5.32 Å². The number of anilines is 1. The number of nitrogens with one attached hydrogen (secondary N) is 1. The topological polar surface area (TPSA) is 32.3 Å². The number of carbonyl (C=O) groups is 1. The van der Waals surface area contributed by atoms with Crippen LogP contribution in [0.3, 0.4) is 0 Å². The summed E-state index contributed by atoms with van der Waals surface area (Å²) in [5, 5.41) is 3.40. The Morgan fingerprint density at radius 1 is 1.31 bits per heavy atom. The summed E-state index contributed by atoms with van der Waals surface area (Å²) in [5.74, 6) is 1.08. The van der Waals surface area contributed by atoms with Gasteiger partial charge in [0.05, 0.1) is 11.8 Å². The van der Waals surface area contributed by atoms with Crippen molar-refractivity contribution in [1.29, 1.82) is 0 Å². The van der Waals surface area contributed by atoms with Crippen LogP contribution in [0.1, 0.15) is 43.9 Å². The maximum atomic E-state index is 13.8. The van der Waals surface area contributed by atoms with Crippen molar-refractivity contribution in [2.24, 2.45) is 5.92 Å². The Hall–Kier alpha value is -1.72. The fourth-order valence-corrected chi connectivity index (χ4v) is 4.64. The summed E-state index contributed by atoms with van der Waals surface area (Å²) in [6, 6.07) is 13.0. The molecule has 1 amide bonds. The van der Waals surface area contributed by atoms with Crippen LogP contribution in [0, 0.1) is 11.7 Å². The van der Waals surface area contributed by atoms with Crippen LogP contribution in [0.15, 0.2) is 42.5 Å². The van der Waals surface area contributed by atoms with Crippen molar-refractivity contribution in [3.8, 4) is 0 Å². The van der Waals surface area contributed by atoms with E-state index in [0.29, 0.717) is 16.3 Å². The zero-order valence-corrected chi connectivity index (χ0v) is 18.5. The molecular formula is C23H28ClFN2OS. The molecule has 0 saturated carbocycles. The van der Waals surface area contributed by atoms with Crippen molar-refractivity contribution in [2.75, 3.05) is 23.7 Å². The molecule has 1 aliphatic heterocycles. The zero-order valence-electron chi connectivity index (χ0n) is 17.0. The van der Waals surface area contributed by atoms with Gasteiger partial charge in [-0.25, -0.2) is 4.39 Å². The third kappa shape index (κ3) is 6.38. The Kier molecular flexibility index (Phi) is 7.84. The largest absolute Gasteiger partial charge is 0.371 e. The minimum Gasteiger partial charge on any atom is -0.371 e. The molecule has 3 rings (SSSR count). The summed E-state index contributed by atoms with van der Waals surface area (Å²) in [5.41, 5.74) is 2.89. The van der Waals surface area contributed by atoms with E-state index in [-0.39, 0.29) is 23.5 Å². The van der Waals surface area contributed by atoms with Gasteiger partial charge in [-0.1, -0.05) is 36.7 Å². The highest BCUT2D eigenvalue weighted by molar-refractivity contribution is 7.99. The smallest absolute Gasteiger partial charge is 0.230 e. The van der Waals surface area contributed by atoms with Crippen molar-refractivity contribution in [3.63, 3.8) is 0 Å². The number of thioether (sulfide) groups is 1. The summed E-state index contributed by atoms with van der Waals surface area (Å²) in [7, 11) is 0. The quantitative estimate of drug-likeness (QED) is 0.595. The first-order valence-electron chi connectivity index (χ1n) is 10.1. The van der Waals surface area contributed by atoms with Crippen LogP contribution in [0.2, 0.25) is 5.02 Å². The van der Waals surface area contributed by atoms with Crippen molar-refractivity contribution in [2.45, 2.75) is 38.5 Å². The molecule has 29 heavy (non-hydrogen) atoms. The molecule has 1 fully saturated rings. The lowest BCUT2D eigenvalue weighted by Gasteiger charge is -2.33. The van der Waals surface area contributed by atoms with Gasteiger partial charge >= 0.3 is 0 Å². The first kappa shape index (κ1) is 22.0. The van der Waals surface area contributed by atoms with Gasteiger partial charge < -0.3 is 10.2 Å². The molecule has 2 aromatic rings. The Bertz CT molecular complexity index is 830. The molecule has 1 heterocycles. The predicted octanol–water partition coefficient (Wildman–Crippen LogP) is 5.83. The molecule has 3 nitrogen and oxygen atoms in total. The Labute approximate surface area is 182 Å². The van der Waals surface area contributed by atoms with E-state index in [0.717, 1.165) is 24.6 Å². The molecule has 2 aromatic carbocycles. The van der Waals surface area contributed by atoms with Gasteiger partial charge in [0.25, 0.3) is 0 Å². The summed E-state index contributed by atoms with van der Waals surface area (Å²) in [6.45, 7) is 6.51. The highest BCUT2D eigenvalue weighted by Crippen LogP contribution is 2.25. The minimum atomic E-state index is -0.332. The Balaban J connectivity index is 1.46. The highest BCUT2D eigenvalue weighted by Gasteiger charge is 2.17. The second-order valence-corrected chi connectivity index (χ2v) is 9.22. The normalized spacial score (nSPS) is 17.8. The molecule has 0 radical (unpaired) electrons. The van der Waals surface area contributed by atoms with E-state index in [1.807, 2.05) is 6.92 Å². The summed E-state index contributed by atoms with van der Waals surface area (Å²) >= 11 is 7.15. The van der Waals surface area contributed by atoms with Gasteiger partial charge in [0.1, 0.15) is 5.82 Å². The molecule has 6 heteroatoms. The van der Waals surface area contributed by atoms with Gasteiger partial charge in [0.2, 0.25) is 5.91 Å². The lowest BCUT2D eigenvalue weighted by molar-refractivity contribution is -0.119. The van der Waals surface area contributed by atoms with Crippen LogP contribution in [0.5, 0.6) is 0 Å². The molecule has 0 aromatic heterocycles. The molecule has 0 bridgehead atoms. The van der Waals surface area contributed by atoms with E-state index in [9.17, 15) is 9.18 Å².